The minimum Gasteiger partial charge on any atom is -0.368 e. The molecule has 19 heavy (non-hydrogen) atoms. The number of primary amides is 1. The fraction of sp³-hybridized carbons (Fsp3) is 0.214. The van der Waals surface area contributed by atoms with Crippen LogP contribution < -0.4 is 11.5 Å². The van der Waals surface area contributed by atoms with E-state index in [0.717, 1.165) is 22.4 Å². The van der Waals surface area contributed by atoms with E-state index >= 15 is 0 Å². The van der Waals surface area contributed by atoms with Gasteiger partial charge in [0.15, 0.2) is 0 Å². The SMILES string of the molecule is Cc1cc(-c2cc(C(N)=O)c(C)cc2C)nc(N)n1. The zero-order valence-electron chi connectivity index (χ0n) is 11.2. The van der Waals surface area contributed by atoms with E-state index in [-0.39, 0.29) is 5.95 Å². The highest BCUT2D eigenvalue weighted by atomic mass is 16.1. The topological polar surface area (TPSA) is 94.9 Å². The second-order valence-electron chi connectivity index (χ2n) is 4.60. The third-order valence-electron chi connectivity index (χ3n) is 2.98. The second kappa shape index (κ2) is 4.68. The number of nitrogen functional groups attached to an aromatic ring is 1. The average Bonchev–Trinajstić information content (AvgIpc) is 2.26. The van der Waals surface area contributed by atoms with Crippen molar-refractivity contribution in [2.75, 3.05) is 5.73 Å². The molecular weight excluding hydrogens is 240 g/mol. The standard InChI is InChI=1S/C14H16N4O/c1-7-4-8(2)11(13(15)19)6-10(7)12-5-9(3)17-14(16)18-12/h4-6H,1-3H3,(H2,15,19)(H2,16,17,18). The van der Waals surface area contributed by atoms with E-state index in [2.05, 4.69) is 9.97 Å². The highest BCUT2D eigenvalue weighted by molar-refractivity contribution is 5.95. The fourth-order valence-corrected chi connectivity index (χ4v) is 2.12. The number of hydrogen-bond acceptors (Lipinski definition) is 4. The van der Waals surface area contributed by atoms with Gasteiger partial charge in [-0.25, -0.2) is 9.97 Å². The number of anilines is 1. The van der Waals surface area contributed by atoms with Gasteiger partial charge in [0.1, 0.15) is 0 Å². The molecule has 0 saturated carbocycles. The number of amides is 1. The summed E-state index contributed by atoms with van der Waals surface area (Å²) in [5, 5.41) is 0. The van der Waals surface area contributed by atoms with Crippen molar-refractivity contribution in [3.63, 3.8) is 0 Å². The average molecular weight is 256 g/mol. The molecule has 5 heteroatoms. The number of carbonyl (C=O) groups is 1. The lowest BCUT2D eigenvalue weighted by Gasteiger charge is -2.10. The van der Waals surface area contributed by atoms with Gasteiger partial charge in [-0.1, -0.05) is 6.07 Å². The number of nitrogens with zero attached hydrogens (tertiary/aromatic N) is 2. The van der Waals surface area contributed by atoms with Gasteiger partial charge in [0.25, 0.3) is 0 Å². The van der Waals surface area contributed by atoms with Crippen LogP contribution in [0.2, 0.25) is 0 Å². The van der Waals surface area contributed by atoms with Crippen LogP contribution in [0.4, 0.5) is 5.95 Å². The van der Waals surface area contributed by atoms with Crippen LogP contribution in [0.1, 0.15) is 27.2 Å². The van der Waals surface area contributed by atoms with E-state index in [4.69, 9.17) is 11.5 Å². The first-order valence-electron chi connectivity index (χ1n) is 5.91. The molecule has 4 N–H and O–H groups in total. The van der Waals surface area contributed by atoms with Crippen molar-refractivity contribution in [2.24, 2.45) is 5.73 Å². The Balaban J connectivity index is 2.67. The number of aromatic nitrogens is 2. The number of rotatable bonds is 2. The maximum atomic E-state index is 11.4. The van der Waals surface area contributed by atoms with Gasteiger partial charge >= 0.3 is 0 Å². The third-order valence-corrected chi connectivity index (χ3v) is 2.98. The number of hydrogen-bond donors (Lipinski definition) is 2. The zero-order chi connectivity index (χ0) is 14.2. The molecule has 98 valence electrons. The summed E-state index contributed by atoms with van der Waals surface area (Å²) in [6.45, 7) is 5.66. The monoisotopic (exact) mass is 256 g/mol. The van der Waals surface area contributed by atoms with E-state index in [1.54, 1.807) is 6.07 Å². The first kappa shape index (κ1) is 13.0. The molecule has 0 unspecified atom stereocenters. The molecule has 5 nitrogen and oxygen atoms in total. The molecule has 0 spiro atoms. The molecule has 0 saturated heterocycles. The minimum atomic E-state index is -0.447. The summed E-state index contributed by atoms with van der Waals surface area (Å²) in [7, 11) is 0. The van der Waals surface area contributed by atoms with Crippen LogP contribution in [-0.2, 0) is 0 Å². The number of benzene rings is 1. The van der Waals surface area contributed by atoms with Crippen LogP contribution in [0.5, 0.6) is 0 Å². The summed E-state index contributed by atoms with van der Waals surface area (Å²) in [6.07, 6.45) is 0. The summed E-state index contributed by atoms with van der Waals surface area (Å²) >= 11 is 0. The second-order valence-corrected chi connectivity index (χ2v) is 4.60. The van der Waals surface area contributed by atoms with Crippen molar-refractivity contribution in [3.05, 3.63) is 40.6 Å². The first-order chi connectivity index (χ1) is 8.88. The van der Waals surface area contributed by atoms with Crippen molar-refractivity contribution in [3.8, 4) is 11.3 Å². The van der Waals surface area contributed by atoms with Crippen LogP contribution in [-0.4, -0.2) is 15.9 Å². The summed E-state index contributed by atoms with van der Waals surface area (Å²) in [5.41, 5.74) is 15.7. The summed E-state index contributed by atoms with van der Waals surface area (Å²) in [5.74, 6) is -0.229. The molecule has 0 atom stereocenters. The van der Waals surface area contributed by atoms with Gasteiger partial charge in [0.05, 0.1) is 5.69 Å². The zero-order valence-corrected chi connectivity index (χ0v) is 11.2. The molecule has 0 fully saturated rings. The van der Waals surface area contributed by atoms with Crippen LogP contribution in [0.25, 0.3) is 11.3 Å². The van der Waals surface area contributed by atoms with Gasteiger partial charge < -0.3 is 11.5 Å². The Kier molecular flexibility index (Phi) is 3.21. The van der Waals surface area contributed by atoms with Crippen molar-refractivity contribution in [2.45, 2.75) is 20.8 Å². The van der Waals surface area contributed by atoms with Gasteiger partial charge in [-0.05, 0) is 44.0 Å². The predicted molar refractivity (Wildman–Crippen MR) is 74.6 cm³/mol. The Morgan fingerprint density at radius 1 is 1.05 bits per heavy atom. The van der Waals surface area contributed by atoms with E-state index < -0.39 is 5.91 Å². The highest BCUT2D eigenvalue weighted by Crippen LogP contribution is 2.26. The summed E-state index contributed by atoms with van der Waals surface area (Å²) in [6, 6.07) is 5.51. The van der Waals surface area contributed by atoms with Crippen LogP contribution in [0, 0.1) is 20.8 Å². The maximum absolute atomic E-state index is 11.4. The van der Waals surface area contributed by atoms with Crippen molar-refractivity contribution in [1.29, 1.82) is 0 Å². The Labute approximate surface area is 111 Å². The number of aryl methyl sites for hydroxylation is 3. The molecule has 0 bridgehead atoms. The summed E-state index contributed by atoms with van der Waals surface area (Å²) in [4.78, 5) is 19.7. The van der Waals surface area contributed by atoms with Crippen LogP contribution >= 0.6 is 0 Å². The Bertz CT molecular complexity index is 644. The molecule has 1 aromatic heterocycles. The Morgan fingerprint density at radius 2 is 1.74 bits per heavy atom. The molecule has 0 radical (unpaired) electrons. The molecule has 1 amide bonds. The van der Waals surface area contributed by atoms with Crippen LogP contribution in [0.15, 0.2) is 18.2 Å². The van der Waals surface area contributed by atoms with Crippen LogP contribution in [0.3, 0.4) is 0 Å². The molecule has 0 aliphatic rings. The quantitative estimate of drug-likeness (QED) is 0.855. The van der Waals surface area contributed by atoms with Gasteiger partial charge in [0.2, 0.25) is 11.9 Å². The van der Waals surface area contributed by atoms with E-state index in [1.165, 1.54) is 0 Å². The third kappa shape index (κ3) is 2.54. The molecular formula is C14H16N4O. The molecule has 2 rings (SSSR count). The van der Waals surface area contributed by atoms with E-state index in [9.17, 15) is 4.79 Å². The maximum Gasteiger partial charge on any atom is 0.248 e. The first-order valence-corrected chi connectivity index (χ1v) is 5.91. The van der Waals surface area contributed by atoms with E-state index in [0.29, 0.717) is 11.3 Å². The minimum absolute atomic E-state index is 0.218. The molecule has 1 heterocycles. The number of carbonyl (C=O) groups excluding carboxylic acids is 1. The van der Waals surface area contributed by atoms with Gasteiger partial charge in [-0.3, -0.25) is 4.79 Å². The normalized spacial score (nSPS) is 10.5. The Morgan fingerprint density at radius 3 is 2.32 bits per heavy atom. The predicted octanol–water partition coefficient (Wildman–Crippen LogP) is 1.75. The lowest BCUT2D eigenvalue weighted by Crippen LogP contribution is -2.13. The smallest absolute Gasteiger partial charge is 0.248 e. The number of nitrogens with two attached hydrogens (primary N) is 2. The van der Waals surface area contributed by atoms with Gasteiger partial charge in [-0.2, -0.15) is 0 Å². The molecule has 2 aromatic rings. The lowest BCUT2D eigenvalue weighted by molar-refractivity contribution is 0.1000. The van der Waals surface area contributed by atoms with Crippen molar-refractivity contribution in [1.82, 2.24) is 9.97 Å². The molecule has 0 aliphatic heterocycles. The van der Waals surface area contributed by atoms with E-state index in [1.807, 2.05) is 32.9 Å². The summed E-state index contributed by atoms with van der Waals surface area (Å²) < 4.78 is 0. The Hall–Kier alpha value is -2.43. The highest BCUT2D eigenvalue weighted by Gasteiger charge is 2.12. The fourth-order valence-electron chi connectivity index (χ4n) is 2.12. The molecule has 1 aromatic carbocycles. The molecule has 0 aliphatic carbocycles. The van der Waals surface area contributed by atoms with Gasteiger partial charge in [-0.15, -0.1) is 0 Å². The van der Waals surface area contributed by atoms with Gasteiger partial charge in [0, 0.05) is 16.8 Å². The van der Waals surface area contributed by atoms with Crippen molar-refractivity contribution < 1.29 is 4.79 Å². The van der Waals surface area contributed by atoms with Crippen molar-refractivity contribution >= 4 is 11.9 Å². The largest absolute Gasteiger partial charge is 0.368 e. The lowest BCUT2D eigenvalue weighted by atomic mass is 9.97.